The molecule has 1 aromatic heterocycles. The maximum absolute atomic E-state index is 12.4. The van der Waals surface area contributed by atoms with E-state index in [0.29, 0.717) is 23.8 Å². The van der Waals surface area contributed by atoms with E-state index in [2.05, 4.69) is 15.2 Å². The van der Waals surface area contributed by atoms with Crippen LogP contribution in [-0.2, 0) is 17.5 Å². The zero-order chi connectivity index (χ0) is 14.6. The lowest BCUT2D eigenvalue weighted by Crippen LogP contribution is -2.03. The molecule has 7 heteroatoms. The Kier molecular flexibility index (Phi) is 4.19. The molecule has 0 radical (unpaired) electrons. The lowest BCUT2D eigenvalue weighted by Gasteiger charge is -2.05. The van der Waals surface area contributed by atoms with Crippen LogP contribution in [0.25, 0.3) is 12.2 Å². The Labute approximate surface area is 113 Å². The fraction of sp³-hybridized carbons (Fsp3) is 0.231. The average Bonchev–Trinajstić information content (AvgIpc) is 2.84. The van der Waals surface area contributed by atoms with Crippen molar-refractivity contribution in [2.75, 3.05) is 7.11 Å². The number of ether oxygens (including phenoxy) is 1. The average molecular weight is 283 g/mol. The molecule has 2 aromatic rings. The second-order valence-electron chi connectivity index (χ2n) is 4.03. The number of aromatic amines is 1. The van der Waals surface area contributed by atoms with Gasteiger partial charge >= 0.3 is 6.18 Å². The molecule has 0 spiro atoms. The third-order valence-electron chi connectivity index (χ3n) is 2.49. The smallest absolute Gasteiger partial charge is 0.377 e. The normalized spacial score (nSPS) is 12.2. The van der Waals surface area contributed by atoms with Gasteiger partial charge in [0, 0.05) is 7.11 Å². The molecule has 0 saturated heterocycles. The van der Waals surface area contributed by atoms with Crippen LogP contribution in [0.3, 0.4) is 0 Å². The predicted octanol–water partition coefficient (Wildman–Crippen LogP) is 3.14. The maximum atomic E-state index is 12.4. The van der Waals surface area contributed by atoms with Crippen LogP contribution in [0.4, 0.5) is 13.2 Å². The molecule has 0 unspecified atom stereocenters. The monoisotopic (exact) mass is 283 g/mol. The van der Waals surface area contributed by atoms with Crippen molar-refractivity contribution in [2.24, 2.45) is 0 Å². The molecule has 4 nitrogen and oxygen atoms in total. The molecule has 0 fully saturated rings. The van der Waals surface area contributed by atoms with E-state index >= 15 is 0 Å². The first kappa shape index (κ1) is 14.3. The fourth-order valence-electron chi connectivity index (χ4n) is 1.54. The van der Waals surface area contributed by atoms with Gasteiger partial charge in [0.2, 0.25) is 0 Å². The SMILES string of the molecule is COCc1nc(C=Cc2ccc(C(F)(F)F)cc2)n[nH]1. The predicted molar refractivity (Wildman–Crippen MR) is 67.5 cm³/mol. The molecule has 0 aliphatic rings. The summed E-state index contributed by atoms with van der Waals surface area (Å²) in [6.45, 7) is 0.321. The molecular weight excluding hydrogens is 271 g/mol. The Bertz CT molecular complexity index is 588. The molecule has 0 aliphatic heterocycles. The standard InChI is InChI=1S/C13H12F3N3O/c1-20-8-12-17-11(18-19-12)7-4-9-2-5-10(6-3-9)13(14,15)16/h2-7H,8H2,1H3,(H,17,18,19). The van der Waals surface area contributed by atoms with Gasteiger partial charge in [-0.3, -0.25) is 5.10 Å². The number of methoxy groups -OCH3 is 1. The van der Waals surface area contributed by atoms with E-state index in [4.69, 9.17) is 4.74 Å². The number of nitrogens with zero attached hydrogens (tertiary/aromatic N) is 2. The summed E-state index contributed by atoms with van der Waals surface area (Å²) in [5.41, 5.74) is -0.0361. The van der Waals surface area contributed by atoms with Crippen LogP contribution in [0.2, 0.25) is 0 Å². The number of hydrogen-bond acceptors (Lipinski definition) is 3. The van der Waals surface area contributed by atoms with Gasteiger partial charge in [-0.25, -0.2) is 4.98 Å². The van der Waals surface area contributed by atoms with Gasteiger partial charge in [0.15, 0.2) is 11.6 Å². The second kappa shape index (κ2) is 5.87. The van der Waals surface area contributed by atoms with Crippen molar-refractivity contribution < 1.29 is 17.9 Å². The summed E-state index contributed by atoms with van der Waals surface area (Å²) in [6.07, 6.45) is -1.07. The number of hydrogen-bond donors (Lipinski definition) is 1. The van der Waals surface area contributed by atoms with Gasteiger partial charge in [0.25, 0.3) is 0 Å². The van der Waals surface area contributed by atoms with Crippen LogP contribution in [-0.4, -0.2) is 22.3 Å². The molecule has 0 amide bonds. The third kappa shape index (κ3) is 3.67. The Hall–Kier alpha value is -2.15. The summed E-state index contributed by atoms with van der Waals surface area (Å²) in [5, 5.41) is 6.61. The molecule has 0 aliphatic carbocycles. The lowest BCUT2D eigenvalue weighted by molar-refractivity contribution is -0.137. The van der Waals surface area contributed by atoms with Crippen molar-refractivity contribution >= 4 is 12.2 Å². The number of nitrogens with one attached hydrogen (secondary N) is 1. The van der Waals surface area contributed by atoms with Gasteiger partial charge in [-0.1, -0.05) is 18.2 Å². The van der Waals surface area contributed by atoms with Gasteiger partial charge in [0.05, 0.1) is 5.56 Å². The first-order chi connectivity index (χ1) is 9.49. The van der Waals surface area contributed by atoms with Gasteiger partial charge in [0.1, 0.15) is 6.61 Å². The maximum Gasteiger partial charge on any atom is 0.416 e. The highest BCUT2D eigenvalue weighted by Gasteiger charge is 2.29. The lowest BCUT2D eigenvalue weighted by atomic mass is 10.1. The van der Waals surface area contributed by atoms with E-state index in [1.807, 2.05) is 0 Å². The summed E-state index contributed by atoms with van der Waals surface area (Å²) in [6, 6.07) is 4.85. The molecule has 20 heavy (non-hydrogen) atoms. The Balaban J connectivity index is 2.07. The van der Waals surface area contributed by atoms with Crippen molar-refractivity contribution in [3.05, 3.63) is 47.0 Å². The molecule has 2 rings (SSSR count). The van der Waals surface area contributed by atoms with Gasteiger partial charge in [-0.2, -0.15) is 18.3 Å². The quantitative estimate of drug-likeness (QED) is 0.937. The molecule has 0 atom stereocenters. The highest BCUT2D eigenvalue weighted by Crippen LogP contribution is 2.29. The van der Waals surface area contributed by atoms with E-state index in [9.17, 15) is 13.2 Å². The molecule has 1 aromatic carbocycles. The summed E-state index contributed by atoms with van der Waals surface area (Å²) in [7, 11) is 1.54. The van der Waals surface area contributed by atoms with E-state index in [-0.39, 0.29) is 0 Å². The largest absolute Gasteiger partial charge is 0.416 e. The van der Waals surface area contributed by atoms with Gasteiger partial charge in [-0.05, 0) is 23.8 Å². The van der Waals surface area contributed by atoms with Crippen molar-refractivity contribution in [2.45, 2.75) is 12.8 Å². The Morgan fingerprint density at radius 3 is 2.50 bits per heavy atom. The van der Waals surface area contributed by atoms with E-state index in [1.54, 1.807) is 19.3 Å². The van der Waals surface area contributed by atoms with E-state index < -0.39 is 11.7 Å². The number of rotatable bonds is 4. The van der Waals surface area contributed by atoms with E-state index in [1.165, 1.54) is 12.1 Å². The summed E-state index contributed by atoms with van der Waals surface area (Å²) in [5.74, 6) is 1.02. The van der Waals surface area contributed by atoms with Gasteiger partial charge in [-0.15, -0.1) is 0 Å². The van der Waals surface area contributed by atoms with Crippen LogP contribution in [0.5, 0.6) is 0 Å². The van der Waals surface area contributed by atoms with Crippen LogP contribution >= 0.6 is 0 Å². The number of H-pyrrole nitrogens is 1. The van der Waals surface area contributed by atoms with E-state index in [0.717, 1.165) is 12.1 Å². The number of alkyl halides is 3. The summed E-state index contributed by atoms with van der Waals surface area (Å²) >= 11 is 0. The van der Waals surface area contributed by atoms with Crippen molar-refractivity contribution in [1.29, 1.82) is 0 Å². The molecule has 106 valence electrons. The molecule has 0 bridgehead atoms. The Morgan fingerprint density at radius 2 is 1.90 bits per heavy atom. The first-order valence-electron chi connectivity index (χ1n) is 5.74. The molecule has 1 heterocycles. The number of halogens is 3. The summed E-state index contributed by atoms with van der Waals surface area (Å²) < 4.78 is 42.1. The van der Waals surface area contributed by atoms with Crippen molar-refractivity contribution in [3.8, 4) is 0 Å². The zero-order valence-electron chi connectivity index (χ0n) is 10.6. The first-order valence-corrected chi connectivity index (χ1v) is 5.74. The van der Waals surface area contributed by atoms with Crippen LogP contribution < -0.4 is 0 Å². The highest BCUT2D eigenvalue weighted by molar-refractivity contribution is 5.66. The van der Waals surface area contributed by atoms with Crippen LogP contribution in [0, 0.1) is 0 Å². The Morgan fingerprint density at radius 1 is 1.20 bits per heavy atom. The minimum absolute atomic E-state index is 0.321. The summed E-state index contributed by atoms with van der Waals surface area (Å²) in [4.78, 5) is 4.11. The van der Waals surface area contributed by atoms with Crippen LogP contribution in [0.15, 0.2) is 24.3 Å². The number of benzene rings is 1. The van der Waals surface area contributed by atoms with Crippen molar-refractivity contribution in [3.63, 3.8) is 0 Å². The van der Waals surface area contributed by atoms with Crippen LogP contribution in [0.1, 0.15) is 22.8 Å². The highest BCUT2D eigenvalue weighted by atomic mass is 19.4. The van der Waals surface area contributed by atoms with Gasteiger partial charge < -0.3 is 4.74 Å². The zero-order valence-corrected chi connectivity index (χ0v) is 10.6. The molecule has 1 N–H and O–H groups in total. The third-order valence-corrected chi connectivity index (χ3v) is 2.49. The second-order valence-corrected chi connectivity index (χ2v) is 4.03. The minimum atomic E-state index is -4.32. The number of aromatic nitrogens is 3. The minimum Gasteiger partial charge on any atom is -0.377 e. The molecular formula is C13H12F3N3O. The molecule has 0 saturated carbocycles. The van der Waals surface area contributed by atoms with Crippen molar-refractivity contribution in [1.82, 2.24) is 15.2 Å². The fourth-order valence-corrected chi connectivity index (χ4v) is 1.54. The topological polar surface area (TPSA) is 50.8 Å².